The van der Waals surface area contributed by atoms with Crippen molar-refractivity contribution >= 4 is 5.91 Å². The molecular weight excluding hydrogens is 309 g/mol. The molecule has 1 aliphatic heterocycles. The van der Waals surface area contributed by atoms with E-state index in [4.69, 9.17) is 4.74 Å². The first kappa shape index (κ1) is 17.6. The number of likely N-dealkylation sites (tertiary alicyclic amines) is 1. The highest BCUT2D eigenvalue weighted by atomic mass is 19.4. The molecule has 7 heteroatoms. The quantitative estimate of drug-likeness (QED) is 0.832. The normalized spacial score (nSPS) is 18.5. The van der Waals surface area contributed by atoms with Gasteiger partial charge in [-0.25, -0.2) is 0 Å². The minimum atomic E-state index is -4.50. The zero-order valence-electron chi connectivity index (χ0n) is 13.3. The Labute approximate surface area is 133 Å². The Kier molecular flexibility index (Phi) is 5.51. The first-order valence-corrected chi connectivity index (χ1v) is 7.49. The summed E-state index contributed by atoms with van der Waals surface area (Å²) in [4.78, 5) is 15.8. The number of carbonyl (C=O) groups excluding carboxylic acids is 1. The van der Waals surface area contributed by atoms with Crippen LogP contribution in [0.4, 0.5) is 13.2 Å². The highest BCUT2D eigenvalue weighted by Crippen LogP contribution is 2.35. The van der Waals surface area contributed by atoms with Crippen molar-refractivity contribution in [2.75, 3.05) is 40.3 Å². The van der Waals surface area contributed by atoms with Crippen molar-refractivity contribution in [1.29, 1.82) is 0 Å². The largest absolute Gasteiger partial charge is 0.483 e. The lowest BCUT2D eigenvalue weighted by Gasteiger charge is -2.19. The van der Waals surface area contributed by atoms with Gasteiger partial charge in [0.15, 0.2) is 6.61 Å². The van der Waals surface area contributed by atoms with Crippen LogP contribution in [0.2, 0.25) is 0 Å². The van der Waals surface area contributed by atoms with Gasteiger partial charge in [-0.3, -0.25) is 4.79 Å². The maximum atomic E-state index is 12.9. The zero-order chi connectivity index (χ0) is 17.0. The monoisotopic (exact) mass is 330 g/mol. The molecule has 0 spiro atoms. The lowest BCUT2D eigenvalue weighted by atomic mass is 10.1. The van der Waals surface area contributed by atoms with Crippen LogP contribution < -0.4 is 4.74 Å². The summed E-state index contributed by atoms with van der Waals surface area (Å²) in [6.45, 7) is 1.77. The molecule has 0 bridgehead atoms. The van der Waals surface area contributed by atoms with E-state index in [1.165, 1.54) is 18.2 Å². The Morgan fingerprint density at radius 2 is 2.04 bits per heavy atom. The summed E-state index contributed by atoms with van der Waals surface area (Å²) >= 11 is 0. The molecule has 1 unspecified atom stereocenters. The van der Waals surface area contributed by atoms with Crippen LogP contribution in [-0.2, 0) is 11.0 Å². The maximum Gasteiger partial charge on any atom is 0.419 e. The van der Waals surface area contributed by atoms with Gasteiger partial charge in [0.05, 0.1) is 5.56 Å². The smallest absolute Gasteiger partial charge is 0.419 e. The average molecular weight is 330 g/mol. The molecule has 4 nitrogen and oxygen atoms in total. The second-order valence-electron chi connectivity index (χ2n) is 6.04. The third-order valence-electron chi connectivity index (χ3n) is 3.81. The number of halogens is 3. The van der Waals surface area contributed by atoms with Crippen LogP contribution in [0, 0.1) is 5.92 Å². The van der Waals surface area contributed by atoms with Gasteiger partial charge in [0, 0.05) is 19.6 Å². The third-order valence-corrected chi connectivity index (χ3v) is 3.81. The summed E-state index contributed by atoms with van der Waals surface area (Å²) in [5.74, 6) is -0.183. The maximum absolute atomic E-state index is 12.9. The Morgan fingerprint density at radius 3 is 2.70 bits per heavy atom. The molecule has 1 aliphatic rings. The number of alkyl halides is 3. The number of nitrogens with zero attached hydrogens (tertiary/aromatic N) is 2. The van der Waals surface area contributed by atoms with E-state index in [1.54, 1.807) is 4.90 Å². The second-order valence-corrected chi connectivity index (χ2v) is 6.04. The van der Waals surface area contributed by atoms with Gasteiger partial charge in [0.1, 0.15) is 5.75 Å². The number of amides is 1. The molecule has 1 saturated heterocycles. The molecular formula is C16H21F3N2O2. The van der Waals surface area contributed by atoms with Crippen molar-refractivity contribution in [3.05, 3.63) is 29.8 Å². The lowest BCUT2D eigenvalue weighted by Crippen LogP contribution is -2.34. The Hall–Kier alpha value is -1.76. The van der Waals surface area contributed by atoms with Crippen molar-refractivity contribution < 1.29 is 22.7 Å². The Balaban J connectivity index is 1.91. The highest BCUT2D eigenvalue weighted by molar-refractivity contribution is 5.78. The van der Waals surface area contributed by atoms with Gasteiger partial charge >= 0.3 is 6.18 Å². The van der Waals surface area contributed by atoms with Crippen molar-refractivity contribution in [1.82, 2.24) is 9.80 Å². The molecule has 1 aromatic carbocycles. The fraction of sp³-hybridized carbons (Fsp3) is 0.562. The van der Waals surface area contributed by atoms with Crippen molar-refractivity contribution in [2.24, 2.45) is 5.92 Å². The summed E-state index contributed by atoms with van der Waals surface area (Å²) in [5.41, 5.74) is -0.861. The van der Waals surface area contributed by atoms with E-state index in [0.717, 1.165) is 19.0 Å². The zero-order valence-corrected chi connectivity index (χ0v) is 13.3. The van der Waals surface area contributed by atoms with Crippen LogP contribution in [0.25, 0.3) is 0 Å². The number of rotatable bonds is 5. The second kappa shape index (κ2) is 7.21. The number of para-hydroxylation sites is 1. The molecule has 1 aromatic rings. The summed E-state index contributed by atoms with van der Waals surface area (Å²) in [7, 11) is 3.95. The molecule has 1 fully saturated rings. The number of benzene rings is 1. The van der Waals surface area contributed by atoms with Crippen LogP contribution in [0.15, 0.2) is 24.3 Å². The molecule has 2 rings (SSSR count). The van der Waals surface area contributed by atoms with E-state index >= 15 is 0 Å². The topological polar surface area (TPSA) is 32.8 Å². The minimum Gasteiger partial charge on any atom is -0.483 e. The van der Waals surface area contributed by atoms with Gasteiger partial charge in [-0.15, -0.1) is 0 Å². The summed E-state index contributed by atoms with van der Waals surface area (Å²) in [6.07, 6.45) is -3.59. The van der Waals surface area contributed by atoms with Gasteiger partial charge < -0.3 is 14.5 Å². The molecule has 1 amide bonds. The summed E-state index contributed by atoms with van der Waals surface area (Å²) in [5, 5.41) is 0. The van der Waals surface area contributed by atoms with Crippen LogP contribution >= 0.6 is 0 Å². The van der Waals surface area contributed by atoms with Crippen LogP contribution in [0.5, 0.6) is 5.75 Å². The number of hydrogen-bond acceptors (Lipinski definition) is 3. The van der Waals surface area contributed by atoms with E-state index < -0.39 is 11.7 Å². The highest BCUT2D eigenvalue weighted by Gasteiger charge is 2.34. The van der Waals surface area contributed by atoms with Crippen molar-refractivity contribution in [3.8, 4) is 5.75 Å². The number of hydrogen-bond donors (Lipinski definition) is 0. The third kappa shape index (κ3) is 4.86. The molecule has 128 valence electrons. The van der Waals surface area contributed by atoms with Gasteiger partial charge in [0.2, 0.25) is 0 Å². The van der Waals surface area contributed by atoms with Crippen molar-refractivity contribution in [3.63, 3.8) is 0 Å². The molecule has 0 aliphatic carbocycles. The predicted molar refractivity (Wildman–Crippen MR) is 80.2 cm³/mol. The van der Waals surface area contributed by atoms with Gasteiger partial charge in [-0.05, 0) is 38.6 Å². The Morgan fingerprint density at radius 1 is 1.35 bits per heavy atom. The Bertz CT molecular complexity index is 546. The standard InChI is InChI=1S/C16H21F3N2O2/c1-20(2)9-12-7-8-21(10-12)15(22)11-23-14-6-4-3-5-13(14)16(17,18)19/h3-6,12H,7-11H2,1-2H3. The van der Waals surface area contributed by atoms with Gasteiger partial charge in [-0.1, -0.05) is 12.1 Å². The minimum absolute atomic E-state index is 0.275. The first-order chi connectivity index (χ1) is 10.8. The molecule has 0 saturated carbocycles. The van der Waals surface area contributed by atoms with Crippen LogP contribution in [-0.4, -0.2) is 56.0 Å². The molecule has 1 atom stereocenters. The molecule has 23 heavy (non-hydrogen) atoms. The van der Waals surface area contributed by atoms with Gasteiger partial charge in [-0.2, -0.15) is 13.2 Å². The number of ether oxygens (including phenoxy) is 1. The van der Waals surface area contributed by atoms with E-state index in [9.17, 15) is 18.0 Å². The van der Waals surface area contributed by atoms with Gasteiger partial charge in [0.25, 0.3) is 5.91 Å². The summed E-state index contributed by atoms with van der Waals surface area (Å²) in [6, 6.07) is 4.93. The predicted octanol–water partition coefficient (Wildman–Crippen LogP) is 2.49. The SMILES string of the molecule is CN(C)CC1CCN(C(=O)COc2ccccc2C(F)(F)F)C1. The van der Waals surface area contributed by atoms with E-state index in [1.807, 2.05) is 14.1 Å². The fourth-order valence-corrected chi connectivity index (χ4v) is 2.78. The first-order valence-electron chi connectivity index (χ1n) is 7.49. The fourth-order valence-electron chi connectivity index (χ4n) is 2.78. The number of carbonyl (C=O) groups is 1. The molecule has 0 radical (unpaired) electrons. The molecule has 1 heterocycles. The van der Waals surface area contributed by atoms with Crippen LogP contribution in [0.3, 0.4) is 0 Å². The lowest BCUT2D eigenvalue weighted by molar-refractivity contribution is -0.140. The van der Waals surface area contributed by atoms with Crippen molar-refractivity contribution in [2.45, 2.75) is 12.6 Å². The average Bonchev–Trinajstić information content (AvgIpc) is 2.92. The van der Waals surface area contributed by atoms with E-state index in [2.05, 4.69) is 4.90 Å². The van der Waals surface area contributed by atoms with E-state index in [0.29, 0.717) is 19.0 Å². The van der Waals surface area contributed by atoms with E-state index in [-0.39, 0.29) is 18.3 Å². The summed E-state index contributed by atoms with van der Waals surface area (Å²) < 4.78 is 43.7. The van der Waals surface area contributed by atoms with Crippen LogP contribution in [0.1, 0.15) is 12.0 Å². The molecule has 0 aromatic heterocycles. The molecule has 0 N–H and O–H groups in total.